The first-order valence-electron chi connectivity index (χ1n) is 10.6. The predicted octanol–water partition coefficient (Wildman–Crippen LogP) is 4.54. The molecule has 0 bridgehead atoms. The van der Waals surface area contributed by atoms with E-state index >= 15 is 0 Å². The lowest BCUT2D eigenvalue weighted by Crippen LogP contribution is -2.44. The van der Waals surface area contributed by atoms with E-state index in [4.69, 9.17) is 0 Å². The van der Waals surface area contributed by atoms with Crippen molar-refractivity contribution in [3.8, 4) is 0 Å². The Bertz CT molecular complexity index is 638. The third-order valence-corrected chi connectivity index (χ3v) is 7.38. The number of aromatic nitrogens is 3. The molecule has 2 aliphatic rings. The topological polar surface area (TPSA) is 59.8 Å². The van der Waals surface area contributed by atoms with Gasteiger partial charge in [0.05, 0.1) is 5.75 Å². The molecule has 27 heavy (non-hydrogen) atoms. The summed E-state index contributed by atoms with van der Waals surface area (Å²) in [5, 5.41) is 13.0. The number of nitrogens with one attached hydrogen (secondary N) is 1. The van der Waals surface area contributed by atoms with Crippen LogP contribution in [0.1, 0.15) is 77.0 Å². The zero-order valence-corrected chi connectivity index (χ0v) is 17.6. The van der Waals surface area contributed by atoms with Crippen molar-refractivity contribution < 1.29 is 4.79 Å². The highest BCUT2D eigenvalue weighted by Crippen LogP contribution is 2.33. The van der Waals surface area contributed by atoms with Gasteiger partial charge in [0.15, 0.2) is 5.16 Å². The van der Waals surface area contributed by atoms with Gasteiger partial charge in [-0.25, -0.2) is 0 Å². The fourth-order valence-corrected chi connectivity index (χ4v) is 5.30. The van der Waals surface area contributed by atoms with Crippen LogP contribution in [-0.2, 0) is 11.3 Å². The molecule has 3 rings (SSSR count). The van der Waals surface area contributed by atoms with Crippen molar-refractivity contribution in [2.75, 3.05) is 5.75 Å². The lowest BCUT2D eigenvalue weighted by atomic mass is 9.78. The van der Waals surface area contributed by atoms with Crippen molar-refractivity contribution in [2.24, 2.45) is 11.8 Å². The van der Waals surface area contributed by atoms with Crippen molar-refractivity contribution in [1.29, 1.82) is 0 Å². The van der Waals surface area contributed by atoms with Gasteiger partial charge in [-0.2, -0.15) is 0 Å². The molecule has 1 aromatic rings. The van der Waals surface area contributed by atoms with E-state index in [2.05, 4.69) is 40.5 Å². The molecule has 150 valence electrons. The van der Waals surface area contributed by atoms with Crippen LogP contribution in [0.25, 0.3) is 0 Å². The highest BCUT2D eigenvalue weighted by Gasteiger charge is 2.28. The summed E-state index contributed by atoms with van der Waals surface area (Å²) < 4.78 is 2.16. The molecule has 0 unspecified atom stereocenters. The zero-order chi connectivity index (χ0) is 19.2. The van der Waals surface area contributed by atoms with Crippen LogP contribution in [0.15, 0.2) is 17.8 Å². The molecule has 1 amide bonds. The van der Waals surface area contributed by atoms with E-state index in [9.17, 15) is 4.79 Å². The number of hydrogen-bond donors (Lipinski definition) is 1. The van der Waals surface area contributed by atoms with E-state index in [1.165, 1.54) is 56.7 Å². The second-order valence-electron chi connectivity index (χ2n) is 8.30. The average Bonchev–Trinajstić information content (AvgIpc) is 3.07. The van der Waals surface area contributed by atoms with Gasteiger partial charge in [0.2, 0.25) is 5.91 Å². The number of hydrogen-bond acceptors (Lipinski definition) is 4. The first-order chi connectivity index (χ1) is 13.1. The number of carbonyl (C=O) groups is 1. The van der Waals surface area contributed by atoms with Crippen LogP contribution in [0.5, 0.6) is 0 Å². The van der Waals surface area contributed by atoms with Crippen LogP contribution in [0.2, 0.25) is 0 Å². The summed E-state index contributed by atoms with van der Waals surface area (Å²) in [5.41, 5.74) is 0. The standard InChI is InChI=1S/C21H34N4OS/c1-4-13-25-20(17-10-6-5-7-11-17)23-24-21(25)27-14-19(26)22-18-12-8-9-15(2)16(18)3/h4,15-18H,1,5-14H2,2-3H3,(H,22,26)/t15-,16+,18+/m0/s1. The summed E-state index contributed by atoms with van der Waals surface area (Å²) in [6.45, 7) is 9.15. The number of carbonyl (C=O) groups excluding carboxylic acids is 1. The summed E-state index contributed by atoms with van der Waals surface area (Å²) in [5.74, 6) is 3.32. The van der Waals surface area contributed by atoms with Gasteiger partial charge < -0.3 is 9.88 Å². The largest absolute Gasteiger partial charge is 0.352 e. The Morgan fingerprint density at radius 2 is 1.96 bits per heavy atom. The molecule has 2 saturated carbocycles. The molecule has 0 aliphatic heterocycles. The Morgan fingerprint density at radius 3 is 2.70 bits per heavy atom. The Balaban J connectivity index is 1.59. The Morgan fingerprint density at radius 1 is 1.19 bits per heavy atom. The van der Waals surface area contributed by atoms with E-state index < -0.39 is 0 Å². The minimum absolute atomic E-state index is 0.110. The van der Waals surface area contributed by atoms with Crippen LogP contribution in [0, 0.1) is 11.8 Å². The molecule has 6 heteroatoms. The van der Waals surface area contributed by atoms with E-state index in [-0.39, 0.29) is 5.91 Å². The fraction of sp³-hybridized carbons (Fsp3) is 0.762. The normalized spacial score (nSPS) is 26.7. The molecule has 1 aromatic heterocycles. The fourth-order valence-electron chi connectivity index (χ4n) is 4.53. The van der Waals surface area contributed by atoms with Crippen molar-refractivity contribution in [2.45, 2.75) is 88.9 Å². The summed E-state index contributed by atoms with van der Waals surface area (Å²) in [6.07, 6.45) is 11.7. The summed E-state index contributed by atoms with van der Waals surface area (Å²) >= 11 is 1.50. The number of thioether (sulfide) groups is 1. The molecule has 2 aliphatic carbocycles. The summed E-state index contributed by atoms with van der Waals surface area (Å²) in [4.78, 5) is 12.5. The third-order valence-electron chi connectivity index (χ3n) is 6.41. The maximum Gasteiger partial charge on any atom is 0.230 e. The van der Waals surface area contributed by atoms with Crippen LogP contribution in [0.4, 0.5) is 0 Å². The van der Waals surface area contributed by atoms with Gasteiger partial charge in [-0.15, -0.1) is 16.8 Å². The van der Waals surface area contributed by atoms with Gasteiger partial charge in [0, 0.05) is 18.5 Å². The van der Waals surface area contributed by atoms with Crippen LogP contribution >= 0.6 is 11.8 Å². The van der Waals surface area contributed by atoms with E-state index in [1.807, 2.05) is 6.08 Å². The lowest BCUT2D eigenvalue weighted by molar-refractivity contribution is -0.120. The zero-order valence-electron chi connectivity index (χ0n) is 16.8. The SMILES string of the molecule is C=CCn1c(SCC(=O)N[C@@H]2CCC[C@H](C)[C@H]2C)nnc1C1CCCCC1. The average molecular weight is 391 g/mol. The lowest BCUT2D eigenvalue weighted by Gasteiger charge is -2.34. The molecule has 3 atom stereocenters. The molecular formula is C21H34N4OS. The van der Waals surface area contributed by atoms with Crippen molar-refractivity contribution in [3.05, 3.63) is 18.5 Å². The number of allylic oxidation sites excluding steroid dienone is 1. The molecule has 0 spiro atoms. The van der Waals surface area contributed by atoms with Crippen molar-refractivity contribution in [1.82, 2.24) is 20.1 Å². The van der Waals surface area contributed by atoms with Crippen molar-refractivity contribution in [3.63, 3.8) is 0 Å². The Labute approximate surface area is 167 Å². The van der Waals surface area contributed by atoms with Gasteiger partial charge >= 0.3 is 0 Å². The van der Waals surface area contributed by atoms with Gasteiger partial charge in [0.1, 0.15) is 5.82 Å². The molecule has 2 fully saturated rings. The molecule has 0 saturated heterocycles. The smallest absolute Gasteiger partial charge is 0.230 e. The highest BCUT2D eigenvalue weighted by atomic mass is 32.2. The van der Waals surface area contributed by atoms with E-state index in [1.54, 1.807) is 0 Å². The molecule has 0 aromatic carbocycles. The number of amides is 1. The van der Waals surface area contributed by atoms with E-state index in [0.29, 0.717) is 36.1 Å². The quantitative estimate of drug-likeness (QED) is 0.548. The minimum atomic E-state index is 0.110. The van der Waals surface area contributed by atoms with E-state index in [0.717, 1.165) is 17.4 Å². The highest BCUT2D eigenvalue weighted by molar-refractivity contribution is 7.99. The van der Waals surface area contributed by atoms with Gasteiger partial charge in [-0.05, 0) is 31.1 Å². The van der Waals surface area contributed by atoms with Gasteiger partial charge in [-0.1, -0.05) is 63.8 Å². The molecular weight excluding hydrogens is 356 g/mol. The number of rotatable bonds is 7. The van der Waals surface area contributed by atoms with Crippen LogP contribution in [0.3, 0.4) is 0 Å². The summed E-state index contributed by atoms with van der Waals surface area (Å²) in [6, 6.07) is 0.311. The van der Waals surface area contributed by atoms with Gasteiger partial charge in [-0.3, -0.25) is 4.79 Å². The maximum atomic E-state index is 12.5. The molecule has 1 N–H and O–H groups in total. The third kappa shape index (κ3) is 5.15. The van der Waals surface area contributed by atoms with Crippen molar-refractivity contribution >= 4 is 17.7 Å². The van der Waals surface area contributed by atoms with Gasteiger partial charge in [0.25, 0.3) is 0 Å². The predicted molar refractivity (Wildman–Crippen MR) is 111 cm³/mol. The molecule has 1 heterocycles. The van der Waals surface area contributed by atoms with Crippen LogP contribution < -0.4 is 5.32 Å². The minimum Gasteiger partial charge on any atom is -0.352 e. The first-order valence-corrected chi connectivity index (χ1v) is 11.5. The first kappa shape index (κ1) is 20.4. The summed E-state index contributed by atoms with van der Waals surface area (Å²) in [7, 11) is 0. The molecule has 0 radical (unpaired) electrons. The van der Waals surface area contributed by atoms with Crippen LogP contribution in [-0.4, -0.2) is 32.5 Å². The second-order valence-corrected chi connectivity index (χ2v) is 9.25. The monoisotopic (exact) mass is 390 g/mol. The molecule has 5 nitrogen and oxygen atoms in total. The Hall–Kier alpha value is -1.30. The second kappa shape index (κ2) is 9.76. The maximum absolute atomic E-state index is 12.5. The Kier molecular flexibility index (Phi) is 7.39. The number of nitrogens with zero attached hydrogens (tertiary/aromatic N) is 3.